The number of pyridine rings is 2. The molecule has 2 unspecified atom stereocenters. The minimum Gasteiger partial charge on any atom is -0.339 e. The summed E-state index contributed by atoms with van der Waals surface area (Å²) < 4.78 is 31.7. The van der Waals surface area contributed by atoms with E-state index in [0.29, 0.717) is 46.1 Å². The van der Waals surface area contributed by atoms with Crippen LogP contribution in [0.2, 0.25) is 0 Å². The number of fused-ring (bicyclic) bond motifs is 4. The lowest BCUT2D eigenvalue weighted by Crippen LogP contribution is -2.39. The second kappa shape index (κ2) is 10.1. The van der Waals surface area contributed by atoms with Crippen LogP contribution in [-0.2, 0) is 13.0 Å². The molecule has 0 aliphatic carbocycles. The number of carbonyl (C=O) groups excluding carboxylic acids is 1. The molecular weight excluding hydrogens is 524 g/mol. The largest absolute Gasteiger partial charge is 0.339 e. The minimum atomic E-state index is -1.06. The second-order valence-electron chi connectivity index (χ2n) is 11.6. The molecule has 0 radical (unpaired) electrons. The Morgan fingerprint density at radius 2 is 2.02 bits per heavy atom. The van der Waals surface area contributed by atoms with E-state index in [1.807, 2.05) is 13.0 Å². The molecule has 0 aromatic carbocycles. The summed E-state index contributed by atoms with van der Waals surface area (Å²) in [5, 5.41) is 3.23. The highest BCUT2D eigenvalue weighted by Gasteiger charge is 2.38. The fourth-order valence-electron chi connectivity index (χ4n) is 6.79. The number of carbonyl (C=O) groups is 1. The van der Waals surface area contributed by atoms with Crippen LogP contribution in [0.25, 0.3) is 11.0 Å². The molecule has 4 aromatic rings. The van der Waals surface area contributed by atoms with E-state index in [0.717, 1.165) is 18.4 Å². The van der Waals surface area contributed by atoms with Gasteiger partial charge in [0.15, 0.2) is 5.82 Å². The molecule has 2 saturated heterocycles. The van der Waals surface area contributed by atoms with Gasteiger partial charge in [-0.1, -0.05) is 11.8 Å². The maximum Gasteiger partial charge on any atom is 0.270 e. The molecule has 2 bridgehead atoms. The summed E-state index contributed by atoms with van der Waals surface area (Å²) >= 11 is 0. The number of H-pyrrole nitrogens is 1. The Labute approximate surface area is 236 Å². The van der Waals surface area contributed by atoms with Gasteiger partial charge in [0, 0.05) is 47.6 Å². The lowest BCUT2D eigenvalue weighted by molar-refractivity contribution is 0.0936. The number of aromatic nitrogens is 5. The monoisotopic (exact) mass is 555 g/mol. The van der Waals surface area contributed by atoms with Gasteiger partial charge >= 0.3 is 0 Å². The molecule has 3 aliphatic rings. The van der Waals surface area contributed by atoms with Crippen LogP contribution in [0.5, 0.6) is 0 Å². The third-order valence-corrected chi connectivity index (χ3v) is 8.86. The summed E-state index contributed by atoms with van der Waals surface area (Å²) in [5.74, 6) is 6.04. The Kier molecular flexibility index (Phi) is 6.35. The molecular formula is C31H31F2N7O. The van der Waals surface area contributed by atoms with Crippen molar-refractivity contribution in [3.63, 3.8) is 0 Å². The Balaban J connectivity index is 1.20. The number of piperidine rings is 1. The summed E-state index contributed by atoms with van der Waals surface area (Å²) in [4.78, 5) is 32.3. The first-order valence-electron chi connectivity index (χ1n) is 14.2. The maximum atomic E-state index is 15.7. The van der Waals surface area contributed by atoms with Gasteiger partial charge in [-0.3, -0.25) is 4.79 Å². The topological polar surface area (TPSA) is 91.7 Å². The van der Waals surface area contributed by atoms with E-state index in [1.165, 1.54) is 19.2 Å². The average molecular weight is 556 g/mol. The fraction of sp³-hybridized carbons (Fsp3) is 0.419. The van der Waals surface area contributed by atoms with Gasteiger partial charge in [-0.2, -0.15) is 0 Å². The molecule has 8 nitrogen and oxygen atoms in total. The van der Waals surface area contributed by atoms with Crippen molar-refractivity contribution in [2.75, 3.05) is 7.05 Å². The van der Waals surface area contributed by atoms with Crippen LogP contribution >= 0.6 is 0 Å². The SMILES string of the molecule is Cc1cc(C#CC2C[C@H]3CC[C@@H](C2)N3C)cc(C(=O)NC(c2ncn3c2C[C@@H](F)C3)c2[nH]c3ncccc3c2F)n1. The van der Waals surface area contributed by atoms with E-state index in [4.69, 9.17) is 0 Å². The zero-order chi connectivity index (χ0) is 28.2. The molecule has 210 valence electrons. The zero-order valence-corrected chi connectivity index (χ0v) is 23.0. The summed E-state index contributed by atoms with van der Waals surface area (Å²) in [6.45, 7) is 2.00. The molecule has 2 fully saturated rings. The number of hydrogen-bond donors (Lipinski definition) is 2. The Morgan fingerprint density at radius 3 is 2.80 bits per heavy atom. The van der Waals surface area contributed by atoms with E-state index < -0.39 is 23.9 Å². The molecule has 5 atom stereocenters. The quantitative estimate of drug-likeness (QED) is 0.368. The standard InChI is InChI=1S/C31H31F2N7O/c1-17-10-18(5-6-19-11-21-7-8-22(12-19)39(21)2)13-24(36-17)31(41)38-29(27-25-14-20(32)15-40(25)16-35-27)28-26(33)23-4-3-9-34-30(23)37-28/h3-4,9-10,13,16,19-22,29H,7-8,11-12,14-15H2,1-2H3,(H,34,37)(H,38,41)/t19?,20-,21-,22+,29?/m1/s1. The lowest BCUT2D eigenvalue weighted by Gasteiger charge is -2.34. The van der Waals surface area contributed by atoms with Gasteiger partial charge in [0.2, 0.25) is 0 Å². The van der Waals surface area contributed by atoms with E-state index >= 15 is 4.39 Å². The van der Waals surface area contributed by atoms with Gasteiger partial charge in [0.05, 0.1) is 29.6 Å². The van der Waals surface area contributed by atoms with E-state index in [-0.39, 0.29) is 24.4 Å². The number of alkyl halides is 1. The number of aromatic amines is 1. The number of hydrogen-bond acceptors (Lipinski definition) is 5. The Bertz CT molecular complexity index is 1700. The van der Waals surface area contributed by atoms with Crippen LogP contribution in [0.1, 0.15) is 70.6 Å². The number of rotatable bonds is 4. The summed E-state index contributed by atoms with van der Waals surface area (Å²) in [7, 11) is 2.21. The first-order chi connectivity index (χ1) is 19.8. The van der Waals surface area contributed by atoms with Gasteiger partial charge in [-0.25, -0.2) is 23.7 Å². The predicted octanol–water partition coefficient (Wildman–Crippen LogP) is 4.24. The minimum absolute atomic E-state index is 0.112. The number of amides is 1. The summed E-state index contributed by atoms with van der Waals surface area (Å²) in [5.41, 5.74) is 3.04. The molecule has 1 amide bonds. The van der Waals surface area contributed by atoms with Crippen LogP contribution in [0, 0.1) is 30.5 Å². The van der Waals surface area contributed by atoms with Crippen molar-refractivity contribution in [1.82, 2.24) is 34.7 Å². The van der Waals surface area contributed by atoms with Crippen LogP contribution < -0.4 is 5.32 Å². The van der Waals surface area contributed by atoms with Gasteiger partial charge < -0.3 is 19.8 Å². The van der Waals surface area contributed by atoms with Crippen LogP contribution in [-0.4, -0.2) is 60.6 Å². The average Bonchev–Trinajstić information content (AvgIpc) is 3.66. The fourth-order valence-corrected chi connectivity index (χ4v) is 6.79. The smallest absolute Gasteiger partial charge is 0.270 e. The lowest BCUT2D eigenvalue weighted by atomic mass is 9.91. The molecule has 7 heterocycles. The Hall–Kier alpha value is -4.10. The number of nitrogens with one attached hydrogen (secondary N) is 2. The first kappa shape index (κ1) is 25.8. The molecule has 41 heavy (non-hydrogen) atoms. The Morgan fingerprint density at radius 1 is 1.22 bits per heavy atom. The first-order valence-corrected chi connectivity index (χ1v) is 14.2. The number of nitrogens with zero attached hydrogens (tertiary/aromatic N) is 5. The van der Waals surface area contributed by atoms with Crippen molar-refractivity contribution in [2.45, 2.75) is 69.9 Å². The van der Waals surface area contributed by atoms with Crippen molar-refractivity contribution in [1.29, 1.82) is 0 Å². The van der Waals surface area contributed by atoms with Crippen LogP contribution in [0.3, 0.4) is 0 Å². The molecule has 10 heteroatoms. The second-order valence-corrected chi connectivity index (χ2v) is 11.6. The highest BCUT2D eigenvalue weighted by Crippen LogP contribution is 2.37. The molecule has 3 aliphatic heterocycles. The van der Waals surface area contributed by atoms with Crippen molar-refractivity contribution >= 4 is 16.9 Å². The highest BCUT2D eigenvalue weighted by atomic mass is 19.1. The van der Waals surface area contributed by atoms with Crippen LogP contribution in [0.15, 0.2) is 36.8 Å². The molecule has 0 saturated carbocycles. The van der Waals surface area contributed by atoms with Crippen LogP contribution in [0.4, 0.5) is 8.78 Å². The van der Waals surface area contributed by atoms with Gasteiger partial charge in [0.25, 0.3) is 5.91 Å². The van der Waals surface area contributed by atoms with E-state index in [2.05, 4.69) is 49.0 Å². The number of imidazole rings is 1. The molecule has 0 spiro atoms. The summed E-state index contributed by atoms with van der Waals surface area (Å²) in [6, 6.07) is 7.02. The summed E-state index contributed by atoms with van der Waals surface area (Å²) in [6.07, 6.45) is 6.79. The molecule has 7 rings (SSSR count). The van der Waals surface area contributed by atoms with Gasteiger partial charge in [-0.15, -0.1) is 0 Å². The third kappa shape index (κ3) is 4.68. The van der Waals surface area contributed by atoms with Gasteiger partial charge in [0.1, 0.15) is 23.6 Å². The molecule has 2 N–H and O–H groups in total. The third-order valence-electron chi connectivity index (χ3n) is 8.86. The number of halogens is 2. The van der Waals surface area contributed by atoms with Gasteiger partial charge in [-0.05, 0) is 63.9 Å². The molecule has 4 aromatic heterocycles. The maximum absolute atomic E-state index is 15.7. The van der Waals surface area contributed by atoms with Crippen molar-refractivity contribution in [3.05, 3.63) is 76.6 Å². The number of aryl methyl sites for hydroxylation is 1. The van der Waals surface area contributed by atoms with Crippen molar-refractivity contribution in [3.8, 4) is 11.8 Å². The normalized spacial score (nSPS) is 24.2. The van der Waals surface area contributed by atoms with Crippen molar-refractivity contribution < 1.29 is 13.6 Å². The predicted molar refractivity (Wildman–Crippen MR) is 149 cm³/mol. The van der Waals surface area contributed by atoms with E-state index in [1.54, 1.807) is 29.0 Å². The zero-order valence-electron chi connectivity index (χ0n) is 23.0. The highest BCUT2D eigenvalue weighted by molar-refractivity contribution is 5.93. The van der Waals surface area contributed by atoms with Crippen molar-refractivity contribution in [2.24, 2.45) is 5.92 Å². The van der Waals surface area contributed by atoms with E-state index in [9.17, 15) is 9.18 Å².